The highest BCUT2D eigenvalue weighted by Gasteiger charge is 2.22. The highest BCUT2D eigenvalue weighted by Crippen LogP contribution is 2.19. The normalized spacial score (nSPS) is 10.5. The predicted molar refractivity (Wildman–Crippen MR) is 91.2 cm³/mol. The number of carbonyl (C=O) groups is 3. The molecule has 0 amide bonds. The minimum Gasteiger partial charge on any atom is -0.294 e. The number of ketones is 3. The Bertz CT molecular complexity index is 946. The summed E-state index contributed by atoms with van der Waals surface area (Å²) in [4.78, 5) is 41.3. The van der Waals surface area contributed by atoms with Crippen molar-refractivity contribution in [3.8, 4) is 0 Å². The zero-order valence-electron chi connectivity index (χ0n) is 13.2. The highest BCUT2D eigenvalue weighted by molar-refractivity contribution is 6.48. The third kappa shape index (κ3) is 3.13. The van der Waals surface area contributed by atoms with Crippen molar-refractivity contribution in [3.05, 3.63) is 77.5 Å². The van der Waals surface area contributed by atoms with Crippen LogP contribution in [0.5, 0.6) is 0 Å². The number of para-hydroxylation sites is 1. The molecule has 2 aromatic carbocycles. The molecule has 4 nitrogen and oxygen atoms in total. The second kappa shape index (κ2) is 6.54. The number of pyridine rings is 1. The second-order valence-electron chi connectivity index (χ2n) is 5.55. The molecule has 0 aliphatic heterocycles. The van der Waals surface area contributed by atoms with E-state index in [0.717, 1.165) is 0 Å². The zero-order chi connectivity index (χ0) is 17.1. The van der Waals surface area contributed by atoms with Crippen LogP contribution in [-0.2, 0) is 4.79 Å². The Balaban J connectivity index is 1.89. The van der Waals surface area contributed by atoms with Crippen LogP contribution in [-0.4, -0.2) is 22.3 Å². The molecular formula is C20H15NO3. The van der Waals surface area contributed by atoms with E-state index < -0.39 is 18.0 Å². The fourth-order valence-electron chi connectivity index (χ4n) is 2.60. The molecule has 0 aliphatic rings. The van der Waals surface area contributed by atoms with Crippen molar-refractivity contribution >= 4 is 28.3 Å². The maximum atomic E-state index is 12.5. The first-order valence-electron chi connectivity index (χ1n) is 7.58. The monoisotopic (exact) mass is 317 g/mol. The van der Waals surface area contributed by atoms with E-state index in [1.54, 1.807) is 61.5 Å². The third-order valence-corrected chi connectivity index (χ3v) is 3.76. The third-order valence-electron chi connectivity index (χ3n) is 3.76. The van der Waals surface area contributed by atoms with Crippen LogP contribution in [0.1, 0.15) is 32.8 Å². The van der Waals surface area contributed by atoms with Gasteiger partial charge in [-0.2, -0.15) is 0 Å². The van der Waals surface area contributed by atoms with Crippen molar-refractivity contribution in [2.75, 3.05) is 0 Å². The summed E-state index contributed by atoms with van der Waals surface area (Å²) >= 11 is 0. The van der Waals surface area contributed by atoms with Gasteiger partial charge in [-0.3, -0.25) is 19.4 Å². The maximum Gasteiger partial charge on any atom is 0.229 e. The van der Waals surface area contributed by atoms with Crippen LogP contribution in [0.4, 0.5) is 0 Å². The average molecular weight is 317 g/mol. The molecule has 0 unspecified atom stereocenters. The first-order chi connectivity index (χ1) is 11.6. The molecular weight excluding hydrogens is 302 g/mol. The molecule has 3 aromatic rings. The van der Waals surface area contributed by atoms with Gasteiger partial charge in [0.25, 0.3) is 0 Å². The molecule has 0 saturated carbocycles. The summed E-state index contributed by atoms with van der Waals surface area (Å²) in [5.41, 5.74) is 2.03. The zero-order valence-corrected chi connectivity index (χ0v) is 13.2. The van der Waals surface area contributed by atoms with Gasteiger partial charge in [0.15, 0.2) is 5.78 Å². The van der Waals surface area contributed by atoms with Gasteiger partial charge in [-0.05, 0) is 19.1 Å². The molecule has 0 atom stereocenters. The summed E-state index contributed by atoms with van der Waals surface area (Å²) in [5.74, 6) is -1.72. The molecule has 118 valence electrons. The van der Waals surface area contributed by atoms with Crippen LogP contribution in [0.15, 0.2) is 60.7 Å². The fraction of sp³-hybridized carbons (Fsp3) is 0.100. The molecule has 0 N–H and O–H groups in total. The van der Waals surface area contributed by atoms with E-state index in [0.29, 0.717) is 27.7 Å². The van der Waals surface area contributed by atoms with Crippen LogP contribution < -0.4 is 0 Å². The van der Waals surface area contributed by atoms with Crippen molar-refractivity contribution < 1.29 is 14.4 Å². The Labute approximate surface area is 139 Å². The number of hydrogen-bond acceptors (Lipinski definition) is 4. The first-order valence-corrected chi connectivity index (χ1v) is 7.58. The smallest absolute Gasteiger partial charge is 0.229 e. The Morgan fingerprint density at radius 2 is 1.58 bits per heavy atom. The molecule has 3 rings (SSSR count). The van der Waals surface area contributed by atoms with E-state index in [4.69, 9.17) is 0 Å². The number of fused-ring (bicyclic) bond motifs is 1. The minimum atomic E-state index is -0.709. The molecule has 1 heterocycles. The topological polar surface area (TPSA) is 64.1 Å². The van der Waals surface area contributed by atoms with Gasteiger partial charge in [0, 0.05) is 22.2 Å². The fourth-order valence-corrected chi connectivity index (χ4v) is 2.60. The summed E-state index contributed by atoms with van der Waals surface area (Å²) in [6.45, 7) is 1.77. The predicted octanol–water partition coefficient (Wildman–Crippen LogP) is 3.57. The van der Waals surface area contributed by atoms with Crippen molar-refractivity contribution in [2.45, 2.75) is 13.3 Å². The minimum absolute atomic E-state index is 0.295. The second-order valence-corrected chi connectivity index (χ2v) is 5.55. The Hall–Kier alpha value is -3.14. The van der Waals surface area contributed by atoms with Crippen molar-refractivity contribution in [2.24, 2.45) is 0 Å². The number of carbonyl (C=O) groups excluding carboxylic acids is 3. The van der Waals surface area contributed by atoms with Crippen molar-refractivity contribution in [3.63, 3.8) is 0 Å². The molecule has 0 aliphatic carbocycles. The molecule has 0 saturated heterocycles. The Morgan fingerprint density at radius 3 is 2.33 bits per heavy atom. The molecule has 24 heavy (non-hydrogen) atoms. The molecule has 1 aromatic heterocycles. The Morgan fingerprint density at radius 1 is 0.917 bits per heavy atom. The van der Waals surface area contributed by atoms with E-state index in [2.05, 4.69) is 4.98 Å². The quantitative estimate of drug-likeness (QED) is 0.410. The van der Waals surface area contributed by atoms with E-state index >= 15 is 0 Å². The van der Waals surface area contributed by atoms with Crippen LogP contribution in [0.25, 0.3) is 10.9 Å². The van der Waals surface area contributed by atoms with Crippen molar-refractivity contribution in [1.82, 2.24) is 4.98 Å². The van der Waals surface area contributed by atoms with Crippen LogP contribution >= 0.6 is 0 Å². The summed E-state index contributed by atoms with van der Waals surface area (Å²) < 4.78 is 0. The van der Waals surface area contributed by atoms with Gasteiger partial charge in [0.1, 0.15) is 0 Å². The van der Waals surface area contributed by atoms with Gasteiger partial charge in [-0.1, -0.05) is 48.5 Å². The number of aromatic nitrogens is 1. The van der Waals surface area contributed by atoms with E-state index in [-0.39, 0.29) is 5.78 Å². The van der Waals surface area contributed by atoms with Gasteiger partial charge >= 0.3 is 0 Å². The summed E-state index contributed by atoms with van der Waals surface area (Å²) in [6.07, 6.45) is -0.432. The molecule has 4 heteroatoms. The number of Topliss-reactive ketones (excluding diaryl/α,β-unsaturated/α-hetero) is 3. The van der Waals surface area contributed by atoms with Gasteiger partial charge in [-0.15, -0.1) is 0 Å². The summed E-state index contributed by atoms with van der Waals surface area (Å²) in [6, 6.07) is 17.2. The number of rotatable bonds is 5. The van der Waals surface area contributed by atoms with Crippen LogP contribution in [0.3, 0.4) is 0 Å². The molecule has 0 bridgehead atoms. The number of nitrogens with zero attached hydrogens (tertiary/aromatic N) is 1. The molecule has 0 spiro atoms. The van der Waals surface area contributed by atoms with Gasteiger partial charge in [0.05, 0.1) is 11.9 Å². The van der Waals surface area contributed by atoms with Crippen molar-refractivity contribution in [1.29, 1.82) is 0 Å². The SMILES string of the molecule is Cc1cc(C(=O)C(=O)CC(=O)c2ccccc2)c2ccccc2n1. The Kier molecular flexibility index (Phi) is 4.29. The lowest BCUT2D eigenvalue weighted by molar-refractivity contribution is -0.114. The van der Waals surface area contributed by atoms with E-state index in [9.17, 15) is 14.4 Å². The van der Waals surface area contributed by atoms with Gasteiger partial charge < -0.3 is 0 Å². The summed E-state index contributed by atoms with van der Waals surface area (Å²) in [7, 11) is 0. The number of aryl methyl sites for hydroxylation is 1. The lowest BCUT2D eigenvalue weighted by atomic mass is 9.97. The lowest BCUT2D eigenvalue weighted by Gasteiger charge is -2.06. The lowest BCUT2D eigenvalue weighted by Crippen LogP contribution is -2.19. The number of hydrogen-bond donors (Lipinski definition) is 0. The van der Waals surface area contributed by atoms with Gasteiger partial charge in [-0.25, -0.2) is 0 Å². The van der Waals surface area contributed by atoms with E-state index in [1.165, 1.54) is 0 Å². The van der Waals surface area contributed by atoms with Crippen LogP contribution in [0, 0.1) is 6.92 Å². The van der Waals surface area contributed by atoms with Crippen LogP contribution in [0.2, 0.25) is 0 Å². The van der Waals surface area contributed by atoms with E-state index in [1.807, 2.05) is 6.07 Å². The maximum absolute atomic E-state index is 12.5. The standard InChI is InChI=1S/C20H15NO3/c1-13-11-16(15-9-5-6-10-17(15)21-13)20(24)19(23)12-18(22)14-7-3-2-4-8-14/h2-11H,12H2,1H3. The average Bonchev–Trinajstić information content (AvgIpc) is 2.61. The molecule has 0 fully saturated rings. The summed E-state index contributed by atoms with van der Waals surface area (Å²) in [5, 5.41) is 0.619. The highest BCUT2D eigenvalue weighted by atomic mass is 16.2. The first kappa shape index (κ1) is 15.7. The largest absolute Gasteiger partial charge is 0.294 e. The van der Waals surface area contributed by atoms with Gasteiger partial charge in [0.2, 0.25) is 11.6 Å². The molecule has 0 radical (unpaired) electrons. The number of benzene rings is 2.